The Labute approximate surface area is 168 Å². The molecule has 0 radical (unpaired) electrons. The minimum atomic E-state index is -0.383. The van der Waals surface area contributed by atoms with E-state index in [4.69, 9.17) is 0 Å². The van der Waals surface area contributed by atoms with Gasteiger partial charge < -0.3 is 0 Å². The van der Waals surface area contributed by atoms with Crippen LogP contribution in [0.2, 0.25) is 0 Å². The summed E-state index contributed by atoms with van der Waals surface area (Å²) in [6, 6.07) is 22.0. The molecule has 0 heteroatoms. The molecule has 1 aliphatic rings. The highest BCUT2D eigenvalue weighted by Gasteiger charge is 2.47. The largest absolute Gasteiger partial charge is 0.0991 e. The van der Waals surface area contributed by atoms with Crippen LogP contribution in [-0.2, 0) is 5.41 Å². The van der Waals surface area contributed by atoms with Gasteiger partial charge in [0.05, 0.1) is 5.41 Å². The molecule has 0 bridgehead atoms. The van der Waals surface area contributed by atoms with E-state index in [1.807, 2.05) is 12.2 Å². The lowest BCUT2D eigenvalue weighted by atomic mass is 9.65. The molecular formula is C28H26. The van der Waals surface area contributed by atoms with Gasteiger partial charge in [-0.3, -0.25) is 0 Å². The van der Waals surface area contributed by atoms with Gasteiger partial charge in [-0.15, -0.1) is 0 Å². The fourth-order valence-corrected chi connectivity index (χ4v) is 4.89. The van der Waals surface area contributed by atoms with Crippen molar-refractivity contribution < 1.29 is 0 Å². The van der Waals surface area contributed by atoms with E-state index in [0.717, 1.165) is 5.57 Å². The Bertz CT molecular complexity index is 1110. The number of hydrogen-bond donors (Lipinski definition) is 0. The van der Waals surface area contributed by atoms with Crippen molar-refractivity contribution in [2.24, 2.45) is 0 Å². The molecule has 4 rings (SSSR count). The van der Waals surface area contributed by atoms with E-state index in [-0.39, 0.29) is 5.41 Å². The van der Waals surface area contributed by atoms with Crippen LogP contribution in [0.1, 0.15) is 33.4 Å². The smallest absolute Gasteiger partial charge is 0.0716 e. The number of hydrogen-bond acceptors (Lipinski definition) is 0. The minimum Gasteiger partial charge on any atom is -0.0991 e. The fourth-order valence-electron chi connectivity index (χ4n) is 4.89. The molecule has 0 saturated heterocycles. The van der Waals surface area contributed by atoms with Crippen LogP contribution in [0.15, 0.2) is 97.6 Å². The van der Waals surface area contributed by atoms with Crippen LogP contribution in [0.25, 0.3) is 11.1 Å². The van der Waals surface area contributed by atoms with Gasteiger partial charge in [-0.2, -0.15) is 0 Å². The maximum Gasteiger partial charge on any atom is 0.0716 e. The van der Waals surface area contributed by atoms with E-state index in [1.54, 1.807) is 0 Å². The molecule has 0 saturated carbocycles. The highest BCUT2D eigenvalue weighted by molar-refractivity contribution is 5.88. The standard InChI is InChI=1S/C28H26/c1-6-13-22(7-2)28(23-14-9-8-10-15-23)26-17-12-11-16-24(26)25-18-19(3)20(4)21(5)27(25)28/h6-18H,1-2H2,3-5H3/b22-13+. The molecule has 0 amide bonds. The van der Waals surface area contributed by atoms with Crippen LogP contribution >= 0.6 is 0 Å². The van der Waals surface area contributed by atoms with E-state index >= 15 is 0 Å². The summed E-state index contributed by atoms with van der Waals surface area (Å²) >= 11 is 0. The highest BCUT2D eigenvalue weighted by atomic mass is 14.5. The second kappa shape index (κ2) is 6.80. The molecule has 1 aliphatic carbocycles. The van der Waals surface area contributed by atoms with E-state index < -0.39 is 0 Å². The van der Waals surface area contributed by atoms with Crippen LogP contribution < -0.4 is 0 Å². The minimum absolute atomic E-state index is 0.383. The van der Waals surface area contributed by atoms with Gasteiger partial charge in [-0.25, -0.2) is 0 Å². The molecule has 0 N–H and O–H groups in total. The van der Waals surface area contributed by atoms with Crippen molar-refractivity contribution in [1.29, 1.82) is 0 Å². The lowest BCUT2D eigenvalue weighted by molar-refractivity contribution is 0.759. The number of aryl methyl sites for hydroxylation is 1. The molecule has 138 valence electrons. The SMILES string of the molecule is C=C/C=C(\C=C)C1(c2ccccc2)c2ccccc2-c2cc(C)c(C)c(C)c21. The first-order chi connectivity index (χ1) is 13.6. The molecule has 0 fully saturated rings. The lowest BCUT2D eigenvalue weighted by Crippen LogP contribution is -2.30. The molecule has 0 aliphatic heterocycles. The van der Waals surface area contributed by atoms with Gasteiger partial charge in [-0.1, -0.05) is 92.0 Å². The second-order valence-corrected chi connectivity index (χ2v) is 7.59. The Kier molecular flexibility index (Phi) is 4.43. The first-order valence-corrected chi connectivity index (χ1v) is 9.79. The van der Waals surface area contributed by atoms with Gasteiger partial charge in [0.15, 0.2) is 0 Å². The quantitative estimate of drug-likeness (QED) is 0.430. The zero-order chi connectivity index (χ0) is 19.9. The zero-order valence-electron chi connectivity index (χ0n) is 16.9. The molecule has 28 heavy (non-hydrogen) atoms. The predicted octanol–water partition coefficient (Wildman–Crippen LogP) is 7.23. The summed E-state index contributed by atoms with van der Waals surface area (Å²) in [6.45, 7) is 14.9. The summed E-state index contributed by atoms with van der Waals surface area (Å²) in [4.78, 5) is 0. The Morgan fingerprint density at radius 1 is 0.821 bits per heavy atom. The Morgan fingerprint density at radius 2 is 1.50 bits per heavy atom. The molecule has 0 heterocycles. The van der Waals surface area contributed by atoms with Crippen molar-refractivity contribution in [3.8, 4) is 11.1 Å². The first-order valence-electron chi connectivity index (χ1n) is 9.79. The van der Waals surface area contributed by atoms with Crippen LogP contribution in [0.4, 0.5) is 0 Å². The van der Waals surface area contributed by atoms with Crippen molar-refractivity contribution in [3.63, 3.8) is 0 Å². The molecule has 1 unspecified atom stereocenters. The summed E-state index contributed by atoms with van der Waals surface area (Å²) in [5.41, 5.74) is 11.4. The summed E-state index contributed by atoms with van der Waals surface area (Å²) in [5.74, 6) is 0. The Morgan fingerprint density at radius 3 is 2.18 bits per heavy atom. The fraction of sp³-hybridized carbons (Fsp3) is 0.143. The molecule has 0 nitrogen and oxygen atoms in total. The lowest BCUT2D eigenvalue weighted by Gasteiger charge is -2.36. The number of benzene rings is 3. The monoisotopic (exact) mass is 362 g/mol. The van der Waals surface area contributed by atoms with Gasteiger partial charge in [0.2, 0.25) is 0 Å². The summed E-state index contributed by atoms with van der Waals surface area (Å²) in [5, 5.41) is 0. The third-order valence-electron chi connectivity index (χ3n) is 6.31. The average Bonchev–Trinajstić information content (AvgIpc) is 3.02. The highest BCUT2D eigenvalue weighted by Crippen LogP contribution is 2.58. The van der Waals surface area contributed by atoms with Crippen molar-refractivity contribution in [3.05, 3.63) is 131 Å². The average molecular weight is 363 g/mol. The van der Waals surface area contributed by atoms with E-state index in [2.05, 4.69) is 101 Å². The Hall–Kier alpha value is -3.12. The first kappa shape index (κ1) is 18.3. The molecule has 1 atom stereocenters. The summed E-state index contributed by atoms with van der Waals surface area (Å²) in [7, 11) is 0. The normalized spacial score (nSPS) is 17.8. The summed E-state index contributed by atoms with van der Waals surface area (Å²) < 4.78 is 0. The van der Waals surface area contributed by atoms with E-state index in [9.17, 15) is 0 Å². The Balaban J connectivity index is 2.28. The van der Waals surface area contributed by atoms with Crippen molar-refractivity contribution >= 4 is 0 Å². The predicted molar refractivity (Wildman–Crippen MR) is 121 cm³/mol. The third-order valence-corrected chi connectivity index (χ3v) is 6.31. The van der Waals surface area contributed by atoms with Crippen molar-refractivity contribution in [2.75, 3.05) is 0 Å². The van der Waals surface area contributed by atoms with Gasteiger partial charge >= 0.3 is 0 Å². The van der Waals surface area contributed by atoms with Gasteiger partial charge in [0, 0.05) is 0 Å². The van der Waals surface area contributed by atoms with Crippen LogP contribution in [0.5, 0.6) is 0 Å². The van der Waals surface area contributed by atoms with E-state index in [0.29, 0.717) is 0 Å². The van der Waals surface area contributed by atoms with Crippen LogP contribution in [0, 0.1) is 20.8 Å². The number of rotatable bonds is 4. The van der Waals surface area contributed by atoms with Crippen LogP contribution in [-0.4, -0.2) is 0 Å². The van der Waals surface area contributed by atoms with Gasteiger partial charge in [-0.05, 0) is 70.9 Å². The van der Waals surface area contributed by atoms with Crippen LogP contribution in [0.3, 0.4) is 0 Å². The molecule has 0 aromatic heterocycles. The van der Waals surface area contributed by atoms with Crippen molar-refractivity contribution in [2.45, 2.75) is 26.2 Å². The third kappa shape index (κ3) is 2.31. The maximum absolute atomic E-state index is 4.19. The van der Waals surface area contributed by atoms with Gasteiger partial charge in [0.1, 0.15) is 0 Å². The van der Waals surface area contributed by atoms with Crippen molar-refractivity contribution in [1.82, 2.24) is 0 Å². The topological polar surface area (TPSA) is 0 Å². The molecule has 3 aromatic carbocycles. The van der Waals surface area contributed by atoms with Gasteiger partial charge in [0.25, 0.3) is 0 Å². The summed E-state index contributed by atoms with van der Waals surface area (Å²) in [6.07, 6.45) is 5.98. The molecule has 0 spiro atoms. The molecule has 3 aromatic rings. The van der Waals surface area contributed by atoms with E-state index in [1.165, 1.54) is 44.5 Å². The second-order valence-electron chi connectivity index (χ2n) is 7.59. The maximum atomic E-state index is 4.19. The number of fused-ring (bicyclic) bond motifs is 3. The molecular weight excluding hydrogens is 336 g/mol. The zero-order valence-corrected chi connectivity index (χ0v) is 16.9. The number of allylic oxidation sites excluding steroid dienone is 4.